The van der Waals surface area contributed by atoms with Crippen LogP contribution < -0.4 is 14.4 Å². The van der Waals surface area contributed by atoms with Crippen LogP contribution in [-0.4, -0.2) is 26.5 Å². The molecule has 1 aliphatic heterocycles. The van der Waals surface area contributed by atoms with E-state index < -0.39 is 15.6 Å². The van der Waals surface area contributed by atoms with Gasteiger partial charge in [0.25, 0.3) is 10.0 Å². The molecule has 7 heteroatoms. The minimum Gasteiger partial charge on any atom is -0.487 e. The number of anilines is 1. The Bertz CT molecular complexity index is 1270. The molecule has 1 atom stereocenters. The zero-order valence-electron chi connectivity index (χ0n) is 19.7. The van der Waals surface area contributed by atoms with Crippen LogP contribution in [0.5, 0.6) is 5.75 Å². The predicted octanol–water partition coefficient (Wildman–Crippen LogP) is 4.86. The first kappa shape index (κ1) is 23.8. The number of benzene rings is 3. The fourth-order valence-electron chi connectivity index (χ4n) is 4.37. The summed E-state index contributed by atoms with van der Waals surface area (Å²) in [6.45, 7) is 5.60. The number of amides is 1. The molecule has 4 rings (SSSR count). The SMILES string of the molecule is CCc1ccccc1N(CC(=O)NC1CC(C)(C)Oc2ccccc21)S(=O)(=O)c1ccccc1. The molecule has 34 heavy (non-hydrogen) atoms. The summed E-state index contributed by atoms with van der Waals surface area (Å²) >= 11 is 0. The lowest BCUT2D eigenvalue weighted by atomic mass is 9.89. The number of hydrogen-bond donors (Lipinski definition) is 1. The summed E-state index contributed by atoms with van der Waals surface area (Å²) in [5, 5.41) is 3.07. The first-order valence-electron chi connectivity index (χ1n) is 11.4. The van der Waals surface area contributed by atoms with Crippen molar-refractivity contribution in [3.63, 3.8) is 0 Å². The number of para-hydroxylation sites is 2. The number of carbonyl (C=O) groups is 1. The second kappa shape index (κ2) is 9.50. The van der Waals surface area contributed by atoms with E-state index in [0.717, 1.165) is 16.9 Å². The molecule has 1 N–H and O–H groups in total. The van der Waals surface area contributed by atoms with E-state index in [0.29, 0.717) is 18.5 Å². The van der Waals surface area contributed by atoms with Crippen LogP contribution in [0.25, 0.3) is 0 Å². The van der Waals surface area contributed by atoms with Crippen LogP contribution in [0.15, 0.2) is 83.8 Å². The van der Waals surface area contributed by atoms with E-state index in [2.05, 4.69) is 5.32 Å². The van der Waals surface area contributed by atoms with Gasteiger partial charge in [0.2, 0.25) is 5.91 Å². The van der Waals surface area contributed by atoms with Crippen molar-refractivity contribution >= 4 is 21.6 Å². The molecule has 0 aliphatic carbocycles. The first-order chi connectivity index (χ1) is 16.2. The van der Waals surface area contributed by atoms with Gasteiger partial charge >= 0.3 is 0 Å². The lowest BCUT2D eigenvalue weighted by Crippen LogP contribution is -2.45. The third kappa shape index (κ3) is 4.94. The summed E-state index contributed by atoms with van der Waals surface area (Å²) < 4.78 is 34.6. The molecule has 1 unspecified atom stereocenters. The number of nitrogens with zero attached hydrogens (tertiary/aromatic N) is 1. The highest BCUT2D eigenvalue weighted by atomic mass is 32.2. The molecule has 1 amide bonds. The average molecular weight is 479 g/mol. The maximum Gasteiger partial charge on any atom is 0.264 e. The highest BCUT2D eigenvalue weighted by Gasteiger charge is 2.35. The summed E-state index contributed by atoms with van der Waals surface area (Å²) in [6.07, 6.45) is 1.22. The van der Waals surface area contributed by atoms with Gasteiger partial charge in [-0.25, -0.2) is 8.42 Å². The summed E-state index contributed by atoms with van der Waals surface area (Å²) in [7, 11) is -3.96. The topological polar surface area (TPSA) is 75.7 Å². The molecule has 0 saturated heterocycles. The van der Waals surface area contributed by atoms with Crippen LogP contribution in [0.4, 0.5) is 5.69 Å². The van der Waals surface area contributed by atoms with E-state index in [-0.39, 0.29) is 23.4 Å². The lowest BCUT2D eigenvalue weighted by Gasteiger charge is -2.38. The number of ether oxygens (including phenoxy) is 1. The monoisotopic (exact) mass is 478 g/mol. The normalized spacial score (nSPS) is 16.7. The van der Waals surface area contributed by atoms with Crippen molar-refractivity contribution in [2.45, 2.75) is 50.2 Å². The predicted molar refractivity (Wildman–Crippen MR) is 133 cm³/mol. The molecule has 0 radical (unpaired) electrons. The second-order valence-corrected chi connectivity index (χ2v) is 10.9. The van der Waals surface area contributed by atoms with E-state index in [1.807, 2.05) is 57.2 Å². The van der Waals surface area contributed by atoms with Crippen molar-refractivity contribution in [1.82, 2.24) is 5.32 Å². The van der Waals surface area contributed by atoms with Gasteiger partial charge in [-0.2, -0.15) is 0 Å². The maximum atomic E-state index is 13.7. The third-order valence-corrected chi connectivity index (χ3v) is 7.75. The number of hydrogen-bond acceptors (Lipinski definition) is 4. The summed E-state index contributed by atoms with van der Waals surface area (Å²) in [5.41, 5.74) is 1.79. The van der Waals surface area contributed by atoms with Gasteiger partial charge in [-0.3, -0.25) is 9.10 Å². The van der Waals surface area contributed by atoms with Gasteiger partial charge in [0.15, 0.2) is 0 Å². The van der Waals surface area contributed by atoms with Gasteiger partial charge < -0.3 is 10.1 Å². The molecule has 178 valence electrons. The zero-order valence-corrected chi connectivity index (χ0v) is 20.5. The smallest absolute Gasteiger partial charge is 0.264 e. The van der Waals surface area contributed by atoms with Crippen LogP contribution in [0.2, 0.25) is 0 Å². The van der Waals surface area contributed by atoms with Crippen molar-refractivity contribution in [3.8, 4) is 5.75 Å². The number of carbonyl (C=O) groups excluding carboxylic acids is 1. The quantitative estimate of drug-likeness (QED) is 0.526. The molecule has 0 aromatic heterocycles. The van der Waals surface area contributed by atoms with Gasteiger partial charge in [-0.15, -0.1) is 0 Å². The van der Waals surface area contributed by atoms with Crippen LogP contribution >= 0.6 is 0 Å². The minimum absolute atomic E-state index is 0.145. The molecule has 3 aromatic carbocycles. The zero-order chi connectivity index (χ0) is 24.3. The molecular formula is C27H30N2O4S. The fourth-order valence-corrected chi connectivity index (χ4v) is 5.85. The number of nitrogens with one attached hydrogen (secondary N) is 1. The summed E-state index contributed by atoms with van der Waals surface area (Å²) in [5.74, 6) is 0.358. The average Bonchev–Trinajstić information content (AvgIpc) is 2.82. The van der Waals surface area contributed by atoms with Crippen LogP contribution in [-0.2, 0) is 21.2 Å². The Labute approximate surface area is 201 Å². The van der Waals surface area contributed by atoms with Gasteiger partial charge in [-0.05, 0) is 50.1 Å². The highest BCUT2D eigenvalue weighted by molar-refractivity contribution is 7.92. The number of rotatable bonds is 7. The summed E-state index contributed by atoms with van der Waals surface area (Å²) in [6, 6.07) is 22.9. The number of fused-ring (bicyclic) bond motifs is 1. The van der Waals surface area contributed by atoms with Crippen LogP contribution in [0.1, 0.15) is 44.4 Å². The Morgan fingerprint density at radius 3 is 2.38 bits per heavy atom. The van der Waals surface area contributed by atoms with E-state index in [1.165, 1.54) is 4.31 Å². The van der Waals surface area contributed by atoms with Crippen LogP contribution in [0, 0.1) is 0 Å². The van der Waals surface area contributed by atoms with Gasteiger partial charge in [0, 0.05) is 12.0 Å². The van der Waals surface area contributed by atoms with Gasteiger partial charge in [-0.1, -0.05) is 61.5 Å². The van der Waals surface area contributed by atoms with Gasteiger partial charge in [0.1, 0.15) is 17.9 Å². The third-order valence-electron chi connectivity index (χ3n) is 5.97. The molecule has 6 nitrogen and oxygen atoms in total. The van der Waals surface area contributed by atoms with Crippen molar-refractivity contribution in [1.29, 1.82) is 0 Å². The Balaban J connectivity index is 1.67. The fraction of sp³-hybridized carbons (Fsp3) is 0.296. The first-order valence-corrected chi connectivity index (χ1v) is 12.9. The lowest BCUT2D eigenvalue weighted by molar-refractivity contribution is -0.120. The standard InChI is InChI=1S/C27H30N2O4S/c1-4-20-12-8-10-16-24(20)29(34(31,32)21-13-6-5-7-14-21)19-26(30)28-23-18-27(2,3)33-25-17-11-9-15-22(23)25/h5-17,23H,4,18-19H2,1-3H3,(H,28,30). The number of aryl methyl sites for hydroxylation is 1. The Morgan fingerprint density at radius 1 is 1.00 bits per heavy atom. The minimum atomic E-state index is -3.96. The van der Waals surface area contributed by atoms with Crippen molar-refractivity contribution in [2.75, 3.05) is 10.8 Å². The molecular weight excluding hydrogens is 448 g/mol. The Hall–Kier alpha value is -3.32. The van der Waals surface area contributed by atoms with Gasteiger partial charge in [0.05, 0.1) is 16.6 Å². The van der Waals surface area contributed by atoms with E-state index in [1.54, 1.807) is 42.5 Å². The summed E-state index contributed by atoms with van der Waals surface area (Å²) in [4.78, 5) is 13.5. The van der Waals surface area contributed by atoms with E-state index in [4.69, 9.17) is 4.74 Å². The Kier molecular flexibility index (Phi) is 6.66. The molecule has 0 fully saturated rings. The van der Waals surface area contributed by atoms with E-state index in [9.17, 15) is 13.2 Å². The molecule has 0 spiro atoms. The molecule has 3 aromatic rings. The maximum absolute atomic E-state index is 13.7. The molecule has 1 heterocycles. The highest BCUT2D eigenvalue weighted by Crippen LogP contribution is 2.39. The second-order valence-electron chi connectivity index (χ2n) is 9.03. The molecule has 0 saturated carbocycles. The van der Waals surface area contributed by atoms with E-state index >= 15 is 0 Å². The van der Waals surface area contributed by atoms with Crippen molar-refractivity contribution < 1.29 is 17.9 Å². The molecule has 0 bridgehead atoms. The Morgan fingerprint density at radius 2 is 1.65 bits per heavy atom. The number of sulfonamides is 1. The largest absolute Gasteiger partial charge is 0.487 e. The van der Waals surface area contributed by atoms with Crippen molar-refractivity contribution in [3.05, 3.63) is 90.0 Å². The van der Waals surface area contributed by atoms with Crippen molar-refractivity contribution in [2.24, 2.45) is 0 Å². The van der Waals surface area contributed by atoms with Crippen LogP contribution in [0.3, 0.4) is 0 Å². The molecule has 1 aliphatic rings.